The Morgan fingerprint density at radius 1 is 1.06 bits per heavy atom. The van der Waals surface area contributed by atoms with Crippen LogP contribution in [0.25, 0.3) is 10.9 Å². The molecule has 0 N–H and O–H groups in total. The molecular weight excluding hydrogens is 462 g/mol. The van der Waals surface area contributed by atoms with Gasteiger partial charge in [0.05, 0.1) is 18.7 Å². The van der Waals surface area contributed by atoms with E-state index < -0.39 is 17.6 Å². The second kappa shape index (κ2) is 12.0. The molecule has 1 aliphatic heterocycles. The van der Waals surface area contributed by atoms with E-state index in [0.29, 0.717) is 23.1 Å². The molecule has 0 bridgehead atoms. The maximum atomic E-state index is 14.2. The lowest BCUT2D eigenvalue weighted by atomic mass is 10.0. The number of hydrogen-bond donors (Lipinski definition) is 0. The average molecular weight is 493 g/mol. The number of carbonyl (C=O) groups excluding carboxylic acids is 1. The van der Waals surface area contributed by atoms with Crippen molar-refractivity contribution in [3.8, 4) is 11.8 Å². The highest BCUT2D eigenvalue weighted by Crippen LogP contribution is 2.19. The Morgan fingerprint density at radius 2 is 1.86 bits per heavy atom. The van der Waals surface area contributed by atoms with Crippen molar-refractivity contribution in [2.24, 2.45) is 0 Å². The summed E-state index contributed by atoms with van der Waals surface area (Å²) in [6.07, 6.45) is 4.07. The fraction of sp³-hybridized carbons (Fsp3) is 0.379. The molecule has 0 unspecified atom stereocenters. The van der Waals surface area contributed by atoms with E-state index in [4.69, 9.17) is 4.74 Å². The van der Waals surface area contributed by atoms with Crippen LogP contribution < -0.4 is 5.43 Å². The van der Waals surface area contributed by atoms with Crippen LogP contribution in [0.5, 0.6) is 0 Å². The van der Waals surface area contributed by atoms with Gasteiger partial charge in [0.25, 0.3) is 0 Å². The molecule has 36 heavy (non-hydrogen) atoms. The molecule has 1 aliphatic rings. The van der Waals surface area contributed by atoms with Crippen LogP contribution in [-0.4, -0.2) is 41.7 Å². The van der Waals surface area contributed by atoms with Gasteiger partial charge in [-0.15, -0.1) is 0 Å². The number of rotatable bonds is 7. The van der Waals surface area contributed by atoms with Gasteiger partial charge in [-0.2, -0.15) is 0 Å². The second-order valence-corrected chi connectivity index (χ2v) is 8.97. The van der Waals surface area contributed by atoms with E-state index in [2.05, 4.69) is 16.7 Å². The average Bonchev–Trinajstić information content (AvgIpc) is 2.87. The number of benzene rings is 2. The number of aryl methyl sites for hydroxylation is 2. The summed E-state index contributed by atoms with van der Waals surface area (Å²) in [4.78, 5) is 27.7. The Balaban J connectivity index is 1.69. The zero-order valence-corrected chi connectivity index (χ0v) is 20.5. The van der Waals surface area contributed by atoms with Crippen molar-refractivity contribution >= 4 is 16.9 Å². The molecule has 1 fully saturated rings. The van der Waals surface area contributed by atoms with E-state index in [1.165, 1.54) is 37.5 Å². The Bertz CT molecular complexity index is 1360. The molecule has 1 aromatic heterocycles. The predicted molar refractivity (Wildman–Crippen MR) is 136 cm³/mol. The molecule has 0 radical (unpaired) electrons. The summed E-state index contributed by atoms with van der Waals surface area (Å²) >= 11 is 0. The number of esters is 1. The van der Waals surface area contributed by atoms with Gasteiger partial charge >= 0.3 is 5.97 Å². The van der Waals surface area contributed by atoms with Crippen LogP contribution in [-0.2, 0) is 28.9 Å². The lowest BCUT2D eigenvalue weighted by molar-refractivity contribution is -0.143. The number of carbonyl (C=O) groups is 1. The first-order chi connectivity index (χ1) is 17.5. The normalized spacial score (nSPS) is 13.9. The number of halogens is 2. The quantitative estimate of drug-likeness (QED) is 0.361. The molecule has 0 amide bonds. The number of ether oxygens (including phenoxy) is 1. The summed E-state index contributed by atoms with van der Waals surface area (Å²) in [5.74, 6) is 4.15. The summed E-state index contributed by atoms with van der Waals surface area (Å²) in [5.41, 5.74) is 1.86. The number of aromatic nitrogens is 1. The van der Waals surface area contributed by atoms with Crippen molar-refractivity contribution in [2.75, 3.05) is 26.2 Å². The van der Waals surface area contributed by atoms with Gasteiger partial charge in [-0.25, -0.2) is 8.78 Å². The third-order valence-corrected chi connectivity index (χ3v) is 6.46. The Kier molecular flexibility index (Phi) is 8.50. The van der Waals surface area contributed by atoms with Gasteiger partial charge in [0.2, 0.25) is 0 Å². The first-order valence-corrected chi connectivity index (χ1v) is 12.4. The van der Waals surface area contributed by atoms with Crippen molar-refractivity contribution in [1.29, 1.82) is 0 Å². The zero-order valence-electron chi connectivity index (χ0n) is 20.5. The van der Waals surface area contributed by atoms with E-state index in [9.17, 15) is 18.4 Å². The van der Waals surface area contributed by atoms with Crippen molar-refractivity contribution in [3.05, 3.63) is 81.1 Å². The van der Waals surface area contributed by atoms with E-state index in [1.807, 2.05) is 12.1 Å². The Labute approximate surface area is 209 Å². The van der Waals surface area contributed by atoms with E-state index in [1.54, 1.807) is 17.6 Å². The van der Waals surface area contributed by atoms with Crippen LogP contribution in [0.3, 0.4) is 0 Å². The van der Waals surface area contributed by atoms with E-state index in [-0.39, 0.29) is 37.0 Å². The summed E-state index contributed by atoms with van der Waals surface area (Å²) in [6, 6.07) is 10.8. The van der Waals surface area contributed by atoms with Crippen LogP contribution in [0.4, 0.5) is 8.78 Å². The topological polar surface area (TPSA) is 51.5 Å². The highest BCUT2D eigenvalue weighted by molar-refractivity contribution is 5.82. The monoisotopic (exact) mass is 492 g/mol. The molecule has 0 atom stereocenters. The molecule has 0 saturated carbocycles. The fourth-order valence-corrected chi connectivity index (χ4v) is 4.61. The maximum Gasteiger partial charge on any atom is 0.325 e. The third kappa shape index (κ3) is 6.19. The van der Waals surface area contributed by atoms with Crippen LogP contribution >= 0.6 is 0 Å². The highest BCUT2D eigenvalue weighted by Gasteiger charge is 2.15. The molecule has 0 spiro atoms. The lowest BCUT2D eigenvalue weighted by Crippen LogP contribution is -2.29. The standard InChI is InChI=1S/C29H30F2N2O3/c1-2-36-28(35)20-33-23(13-12-22-9-6-10-25(30)29(22)31)19-27(34)24-14-11-21(18-26(24)33)8-7-17-32-15-4-3-5-16-32/h6,9-11,14,18-19H,2-5,12-13,15-17,20H2,1H3. The molecule has 4 rings (SSSR count). The molecule has 1 saturated heterocycles. The SMILES string of the molecule is CCOC(=O)Cn1c(CCc2cccc(F)c2F)cc(=O)c2ccc(C#CCN3CCCCC3)cc21. The summed E-state index contributed by atoms with van der Waals surface area (Å²) in [5, 5.41) is 0.460. The van der Waals surface area contributed by atoms with Gasteiger partial charge in [-0.05, 0) is 75.5 Å². The number of piperidine rings is 1. The number of fused-ring (bicyclic) bond motifs is 1. The molecular formula is C29H30F2N2O3. The van der Waals surface area contributed by atoms with Gasteiger partial charge in [-0.1, -0.05) is 30.4 Å². The van der Waals surface area contributed by atoms with Crippen molar-refractivity contribution in [2.45, 2.75) is 45.6 Å². The van der Waals surface area contributed by atoms with E-state index >= 15 is 0 Å². The van der Waals surface area contributed by atoms with Crippen molar-refractivity contribution in [1.82, 2.24) is 9.47 Å². The van der Waals surface area contributed by atoms with Gasteiger partial charge in [0.15, 0.2) is 17.1 Å². The third-order valence-electron chi connectivity index (χ3n) is 6.46. The van der Waals surface area contributed by atoms with Crippen LogP contribution in [0.2, 0.25) is 0 Å². The zero-order chi connectivity index (χ0) is 25.5. The van der Waals surface area contributed by atoms with E-state index in [0.717, 1.165) is 24.7 Å². The van der Waals surface area contributed by atoms with Gasteiger partial charge in [0, 0.05) is 22.7 Å². The molecule has 188 valence electrons. The van der Waals surface area contributed by atoms with Crippen LogP contribution in [0, 0.1) is 23.5 Å². The number of pyridine rings is 1. The molecule has 5 nitrogen and oxygen atoms in total. The largest absolute Gasteiger partial charge is 0.465 e. The lowest BCUT2D eigenvalue weighted by Gasteiger charge is -2.23. The molecule has 7 heteroatoms. The van der Waals surface area contributed by atoms with Gasteiger partial charge < -0.3 is 9.30 Å². The minimum absolute atomic E-state index is 0.101. The minimum Gasteiger partial charge on any atom is -0.465 e. The van der Waals surface area contributed by atoms with Crippen LogP contribution in [0.1, 0.15) is 43.0 Å². The molecule has 2 heterocycles. The van der Waals surface area contributed by atoms with Crippen molar-refractivity contribution < 1.29 is 18.3 Å². The van der Waals surface area contributed by atoms with Gasteiger partial charge in [-0.3, -0.25) is 14.5 Å². The molecule has 0 aliphatic carbocycles. The van der Waals surface area contributed by atoms with Crippen molar-refractivity contribution in [3.63, 3.8) is 0 Å². The highest BCUT2D eigenvalue weighted by atomic mass is 19.2. The van der Waals surface area contributed by atoms with Crippen LogP contribution in [0.15, 0.2) is 47.3 Å². The number of likely N-dealkylation sites (tertiary alicyclic amines) is 1. The second-order valence-electron chi connectivity index (χ2n) is 8.97. The predicted octanol–water partition coefficient (Wildman–Crippen LogP) is 4.47. The maximum absolute atomic E-state index is 14.2. The summed E-state index contributed by atoms with van der Waals surface area (Å²) in [7, 11) is 0. The summed E-state index contributed by atoms with van der Waals surface area (Å²) in [6.45, 7) is 4.66. The number of hydrogen-bond acceptors (Lipinski definition) is 4. The summed E-state index contributed by atoms with van der Waals surface area (Å²) < 4.78 is 34.8. The van der Waals surface area contributed by atoms with Gasteiger partial charge in [0.1, 0.15) is 6.54 Å². The number of nitrogens with zero attached hydrogens (tertiary/aromatic N) is 2. The first-order valence-electron chi connectivity index (χ1n) is 12.4. The Hall–Kier alpha value is -3.50. The minimum atomic E-state index is -0.914. The molecule has 2 aromatic carbocycles. The Morgan fingerprint density at radius 3 is 2.64 bits per heavy atom. The molecule has 3 aromatic rings. The smallest absolute Gasteiger partial charge is 0.325 e. The fourth-order valence-electron chi connectivity index (χ4n) is 4.61. The first kappa shape index (κ1) is 25.6.